The summed E-state index contributed by atoms with van der Waals surface area (Å²) < 4.78 is 1.95. The van der Waals surface area contributed by atoms with Gasteiger partial charge in [0, 0.05) is 25.9 Å². The molecule has 0 bridgehead atoms. The van der Waals surface area contributed by atoms with E-state index in [0.29, 0.717) is 6.42 Å². The number of carbonyl (C=O) groups is 1. The lowest BCUT2D eigenvalue weighted by Crippen LogP contribution is -2.30. The lowest BCUT2D eigenvalue weighted by atomic mass is 10.0. The Kier molecular flexibility index (Phi) is 5.14. The first-order chi connectivity index (χ1) is 10.1. The zero-order valence-corrected chi connectivity index (χ0v) is 13.0. The van der Waals surface area contributed by atoms with Gasteiger partial charge >= 0.3 is 0 Å². The third kappa shape index (κ3) is 3.94. The van der Waals surface area contributed by atoms with Gasteiger partial charge in [-0.05, 0) is 18.9 Å². The number of nitrogens with zero attached hydrogens (tertiary/aromatic N) is 2. The Morgan fingerprint density at radius 1 is 1.33 bits per heavy atom. The molecule has 1 amide bonds. The topological polar surface area (TPSA) is 46.9 Å². The van der Waals surface area contributed by atoms with Crippen molar-refractivity contribution in [2.75, 3.05) is 0 Å². The van der Waals surface area contributed by atoms with Crippen molar-refractivity contribution in [3.8, 4) is 0 Å². The van der Waals surface area contributed by atoms with Crippen LogP contribution in [-0.2, 0) is 11.8 Å². The molecule has 1 aromatic heterocycles. The fraction of sp³-hybridized carbons (Fsp3) is 0.412. The summed E-state index contributed by atoms with van der Waals surface area (Å²) in [5.41, 5.74) is 2.26. The molecule has 0 aliphatic rings. The Labute approximate surface area is 126 Å². The maximum atomic E-state index is 12.1. The number of unbranched alkanes of at least 4 members (excludes halogenated alkanes) is 1. The number of amides is 1. The molecule has 1 heterocycles. The van der Waals surface area contributed by atoms with Crippen LogP contribution in [0.3, 0.4) is 0 Å². The number of benzene rings is 1. The first kappa shape index (κ1) is 15.3. The van der Waals surface area contributed by atoms with Crippen LogP contribution in [0, 0.1) is 6.92 Å². The van der Waals surface area contributed by atoms with Crippen LogP contribution in [-0.4, -0.2) is 15.5 Å². The van der Waals surface area contributed by atoms with Gasteiger partial charge in [0.1, 0.15) is 11.9 Å². The van der Waals surface area contributed by atoms with Crippen molar-refractivity contribution in [3.05, 3.63) is 53.6 Å². The van der Waals surface area contributed by atoms with Gasteiger partial charge in [0.25, 0.3) is 0 Å². The monoisotopic (exact) mass is 285 g/mol. The van der Waals surface area contributed by atoms with E-state index in [1.54, 1.807) is 6.20 Å². The van der Waals surface area contributed by atoms with Gasteiger partial charge < -0.3 is 9.88 Å². The molecule has 2 aromatic rings. The van der Waals surface area contributed by atoms with Crippen molar-refractivity contribution in [3.63, 3.8) is 0 Å². The summed E-state index contributed by atoms with van der Waals surface area (Å²) in [6.07, 6.45) is 6.14. The normalized spacial score (nSPS) is 12.1. The first-order valence-corrected chi connectivity index (χ1v) is 7.45. The highest BCUT2D eigenvalue weighted by Gasteiger charge is 2.20. The van der Waals surface area contributed by atoms with E-state index in [1.165, 1.54) is 5.56 Å². The first-order valence-electron chi connectivity index (χ1n) is 7.45. The largest absolute Gasteiger partial charge is 0.342 e. The lowest BCUT2D eigenvalue weighted by Gasteiger charge is -2.19. The van der Waals surface area contributed by atoms with Crippen LogP contribution in [0.2, 0.25) is 0 Å². The van der Waals surface area contributed by atoms with Crippen LogP contribution in [0.25, 0.3) is 0 Å². The van der Waals surface area contributed by atoms with E-state index in [9.17, 15) is 4.79 Å². The predicted octanol–water partition coefficient (Wildman–Crippen LogP) is 3.12. The third-order valence-corrected chi connectivity index (χ3v) is 3.59. The van der Waals surface area contributed by atoms with Crippen LogP contribution in [0.1, 0.15) is 49.2 Å². The van der Waals surface area contributed by atoms with Crippen molar-refractivity contribution < 1.29 is 4.79 Å². The molecule has 4 heteroatoms. The molecule has 21 heavy (non-hydrogen) atoms. The average Bonchev–Trinajstić information content (AvgIpc) is 2.89. The second-order valence-electron chi connectivity index (χ2n) is 5.41. The number of aryl methyl sites for hydroxylation is 2. The third-order valence-electron chi connectivity index (χ3n) is 3.59. The summed E-state index contributed by atoms with van der Waals surface area (Å²) in [5, 5.41) is 3.11. The average molecular weight is 285 g/mol. The molecule has 0 spiro atoms. The molecule has 0 aliphatic heterocycles. The molecule has 0 saturated carbocycles. The summed E-state index contributed by atoms with van der Waals surface area (Å²) in [6.45, 7) is 4.14. The Hall–Kier alpha value is -2.10. The number of hydrogen-bond acceptors (Lipinski definition) is 2. The summed E-state index contributed by atoms with van der Waals surface area (Å²) in [6, 6.07) is 8.02. The van der Waals surface area contributed by atoms with Gasteiger partial charge in [-0.2, -0.15) is 0 Å². The minimum absolute atomic E-state index is 0.0745. The van der Waals surface area contributed by atoms with Crippen LogP contribution >= 0.6 is 0 Å². The molecule has 4 nitrogen and oxygen atoms in total. The predicted molar refractivity (Wildman–Crippen MR) is 83.9 cm³/mol. The van der Waals surface area contributed by atoms with Gasteiger partial charge in [0.15, 0.2) is 0 Å². The number of hydrogen-bond donors (Lipinski definition) is 1. The molecule has 1 unspecified atom stereocenters. The Morgan fingerprint density at radius 3 is 2.62 bits per heavy atom. The molecular formula is C17H23N3O. The number of rotatable bonds is 6. The van der Waals surface area contributed by atoms with E-state index in [1.807, 2.05) is 17.8 Å². The molecule has 1 aromatic carbocycles. The number of carbonyl (C=O) groups excluding carboxylic acids is 1. The van der Waals surface area contributed by atoms with E-state index in [-0.39, 0.29) is 11.9 Å². The van der Waals surface area contributed by atoms with Gasteiger partial charge in [-0.1, -0.05) is 43.2 Å². The van der Waals surface area contributed by atoms with Crippen molar-refractivity contribution in [1.82, 2.24) is 14.9 Å². The molecule has 0 aliphatic carbocycles. The van der Waals surface area contributed by atoms with Crippen LogP contribution in [0.4, 0.5) is 0 Å². The summed E-state index contributed by atoms with van der Waals surface area (Å²) in [7, 11) is 1.95. The zero-order chi connectivity index (χ0) is 15.2. The summed E-state index contributed by atoms with van der Waals surface area (Å²) in [4.78, 5) is 16.5. The van der Waals surface area contributed by atoms with Crippen molar-refractivity contribution >= 4 is 5.91 Å². The van der Waals surface area contributed by atoms with E-state index in [0.717, 1.165) is 24.2 Å². The van der Waals surface area contributed by atoms with Gasteiger partial charge in [-0.3, -0.25) is 4.79 Å². The van der Waals surface area contributed by atoms with Crippen LogP contribution in [0.15, 0.2) is 36.7 Å². The zero-order valence-electron chi connectivity index (χ0n) is 13.0. The maximum Gasteiger partial charge on any atom is 0.220 e. The smallest absolute Gasteiger partial charge is 0.220 e. The van der Waals surface area contributed by atoms with Crippen molar-refractivity contribution in [2.24, 2.45) is 7.05 Å². The summed E-state index contributed by atoms with van der Waals surface area (Å²) >= 11 is 0. The Morgan fingerprint density at radius 2 is 2.05 bits per heavy atom. The van der Waals surface area contributed by atoms with Gasteiger partial charge in [-0.15, -0.1) is 0 Å². The fourth-order valence-corrected chi connectivity index (χ4v) is 2.28. The van der Waals surface area contributed by atoms with E-state index < -0.39 is 0 Å². The van der Waals surface area contributed by atoms with Crippen LogP contribution < -0.4 is 5.32 Å². The van der Waals surface area contributed by atoms with Crippen molar-refractivity contribution in [1.29, 1.82) is 0 Å². The number of nitrogens with one attached hydrogen (secondary N) is 1. The second-order valence-corrected chi connectivity index (χ2v) is 5.41. The summed E-state index contributed by atoms with van der Waals surface area (Å²) in [5.74, 6) is 0.925. The molecular weight excluding hydrogens is 262 g/mol. The SMILES string of the molecule is CCCCC(=O)NC(c1ccc(C)cc1)c1nccn1C. The maximum absolute atomic E-state index is 12.1. The highest BCUT2D eigenvalue weighted by atomic mass is 16.1. The van der Waals surface area contributed by atoms with Gasteiger partial charge in [-0.25, -0.2) is 4.98 Å². The molecule has 0 saturated heterocycles. The molecule has 2 rings (SSSR count). The van der Waals surface area contributed by atoms with E-state index in [2.05, 4.69) is 48.4 Å². The van der Waals surface area contributed by atoms with E-state index in [4.69, 9.17) is 0 Å². The van der Waals surface area contributed by atoms with Gasteiger partial charge in [0.05, 0.1) is 0 Å². The highest BCUT2D eigenvalue weighted by molar-refractivity contribution is 5.76. The Balaban J connectivity index is 2.25. The highest BCUT2D eigenvalue weighted by Crippen LogP contribution is 2.21. The minimum Gasteiger partial charge on any atom is -0.342 e. The molecule has 1 N–H and O–H groups in total. The molecule has 112 valence electrons. The second kappa shape index (κ2) is 7.07. The molecule has 1 atom stereocenters. The minimum atomic E-state index is -0.199. The van der Waals surface area contributed by atoms with E-state index >= 15 is 0 Å². The molecule has 0 fully saturated rings. The molecule has 0 radical (unpaired) electrons. The van der Waals surface area contributed by atoms with Gasteiger partial charge in [0.2, 0.25) is 5.91 Å². The fourth-order valence-electron chi connectivity index (χ4n) is 2.28. The van der Waals surface area contributed by atoms with Crippen LogP contribution in [0.5, 0.6) is 0 Å². The lowest BCUT2D eigenvalue weighted by molar-refractivity contribution is -0.121. The number of imidazole rings is 1. The Bertz CT molecular complexity index is 586. The standard InChI is InChI=1S/C17H23N3O/c1-4-5-6-15(21)19-16(17-18-11-12-20(17)3)14-9-7-13(2)8-10-14/h7-12,16H,4-6H2,1-3H3,(H,19,21). The van der Waals surface area contributed by atoms with Crippen molar-refractivity contribution in [2.45, 2.75) is 39.2 Å². The quantitative estimate of drug-likeness (QED) is 0.886. The number of aromatic nitrogens is 2.